The number of aromatic nitrogens is 1. The van der Waals surface area contributed by atoms with Crippen molar-refractivity contribution in [2.75, 3.05) is 11.4 Å². The van der Waals surface area contributed by atoms with Crippen molar-refractivity contribution in [1.82, 2.24) is 9.29 Å². The molecule has 15 heteroatoms. The molecule has 0 N–H and O–H groups in total. The molecule has 1 amide bonds. The Morgan fingerprint density at radius 2 is 1.50 bits per heavy atom. The molecule has 3 aromatic carbocycles. The number of rotatable bonds is 10. The van der Waals surface area contributed by atoms with Crippen LogP contribution in [-0.2, 0) is 32.7 Å². The van der Waals surface area contributed by atoms with Gasteiger partial charge in [0.1, 0.15) is 18.5 Å². The quantitative estimate of drug-likeness (QED) is 0.0765. The number of hydrogen-bond donors (Lipinski definition) is 0. The first kappa shape index (κ1) is 35.1. The number of amides is 1. The summed E-state index contributed by atoms with van der Waals surface area (Å²) in [4.78, 5) is 29.9. The number of anilines is 1. The van der Waals surface area contributed by atoms with Gasteiger partial charge in [-0.1, -0.05) is 49.2 Å². The number of sulfonamides is 1. The fourth-order valence-electron chi connectivity index (χ4n) is 6.14. The molecule has 262 valence electrons. The van der Waals surface area contributed by atoms with E-state index >= 15 is 4.39 Å². The lowest BCUT2D eigenvalue weighted by Gasteiger charge is -2.41. The molecule has 6 rings (SSSR count). The zero-order valence-electron chi connectivity index (χ0n) is 26.2. The number of esters is 1. The number of carbonyl (C=O) groups is 2. The molecule has 2 heterocycles. The summed E-state index contributed by atoms with van der Waals surface area (Å²) in [5, 5.41) is 0. The average molecular weight is 718 g/mol. The monoisotopic (exact) mass is 717 g/mol. The molecule has 1 aliphatic carbocycles. The lowest BCUT2D eigenvalue weighted by Crippen LogP contribution is -2.59. The Bertz CT molecular complexity index is 2020. The number of benzene rings is 3. The van der Waals surface area contributed by atoms with Gasteiger partial charge in [-0.15, -0.1) is 0 Å². The first-order valence-corrected chi connectivity index (χ1v) is 17.1. The Kier molecular flexibility index (Phi) is 9.98. The van der Waals surface area contributed by atoms with Crippen LogP contribution in [0.2, 0.25) is 0 Å². The molecule has 0 spiro atoms. The predicted octanol–water partition coefficient (Wildman–Crippen LogP) is 6.93. The van der Waals surface area contributed by atoms with Crippen LogP contribution < -0.4 is 4.90 Å². The zero-order chi connectivity index (χ0) is 35.7. The topological polar surface area (TPSA) is 96.9 Å². The smallest absolute Gasteiger partial charge is 0.338 e. The summed E-state index contributed by atoms with van der Waals surface area (Å²) in [6.45, 7) is -0.994. The minimum atomic E-state index is -5.46. The molecule has 0 radical (unpaired) electrons. The van der Waals surface area contributed by atoms with Gasteiger partial charge in [0, 0.05) is 12.7 Å². The molecule has 1 aromatic heterocycles. The average Bonchev–Trinajstić information content (AvgIpc) is 3.63. The summed E-state index contributed by atoms with van der Waals surface area (Å²) < 4.78 is 119. The molecular formula is C35H29F6N3O5S. The van der Waals surface area contributed by atoms with E-state index in [4.69, 9.17) is 4.74 Å². The molecule has 1 saturated carbocycles. The van der Waals surface area contributed by atoms with Crippen LogP contribution in [0.1, 0.15) is 65.2 Å². The van der Waals surface area contributed by atoms with Gasteiger partial charge in [-0.2, -0.15) is 4.31 Å². The normalized spacial score (nSPS) is 16.6. The van der Waals surface area contributed by atoms with Crippen molar-refractivity contribution in [1.29, 1.82) is 0 Å². The number of carbonyl (C=O) groups excluding carboxylic acids is 2. The van der Waals surface area contributed by atoms with E-state index in [2.05, 4.69) is 4.98 Å². The van der Waals surface area contributed by atoms with Crippen molar-refractivity contribution in [3.05, 3.63) is 124 Å². The van der Waals surface area contributed by atoms with Crippen LogP contribution in [0.3, 0.4) is 0 Å². The van der Waals surface area contributed by atoms with Crippen molar-refractivity contribution >= 4 is 27.6 Å². The third-order valence-electron chi connectivity index (χ3n) is 8.94. The number of nitrogens with zero attached hydrogens (tertiary/aromatic N) is 3. The molecule has 2 aliphatic rings. The van der Waals surface area contributed by atoms with Crippen molar-refractivity contribution in [3.8, 4) is 0 Å². The Morgan fingerprint density at radius 1 is 0.840 bits per heavy atom. The van der Waals surface area contributed by atoms with Crippen molar-refractivity contribution in [2.24, 2.45) is 0 Å². The van der Waals surface area contributed by atoms with Crippen LogP contribution >= 0.6 is 0 Å². The summed E-state index contributed by atoms with van der Waals surface area (Å²) in [7, 11) is -5.46. The minimum absolute atomic E-state index is 0.0921. The van der Waals surface area contributed by atoms with E-state index in [-0.39, 0.29) is 24.3 Å². The van der Waals surface area contributed by atoms with Gasteiger partial charge in [-0.3, -0.25) is 9.78 Å². The zero-order valence-corrected chi connectivity index (χ0v) is 27.0. The molecule has 1 aliphatic heterocycles. The van der Waals surface area contributed by atoms with Gasteiger partial charge in [0.25, 0.3) is 0 Å². The SMILES string of the molecule is O=C(OCc1ccccc1)c1ccc(N(Cc2ccc(C3CCCC3)cn2)C(=O)[C@H]2CCN2S(=O)(=O)c2c(F)c(F)c(F)c(F)c2F)c(F)c1. The van der Waals surface area contributed by atoms with E-state index in [1.54, 1.807) is 42.6 Å². The predicted molar refractivity (Wildman–Crippen MR) is 167 cm³/mol. The van der Waals surface area contributed by atoms with Crippen molar-refractivity contribution in [2.45, 2.75) is 62.1 Å². The summed E-state index contributed by atoms with van der Waals surface area (Å²) >= 11 is 0. The van der Waals surface area contributed by atoms with Crippen LogP contribution in [0.15, 0.2) is 71.8 Å². The van der Waals surface area contributed by atoms with Crippen LogP contribution in [0, 0.1) is 34.9 Å². The van der Waals surface area contributed by atoms with Crippen molar-refractivity contribution < 1.29 is 49.1 Å². The Morgan fingerprint density at radius 3 is 2.08 bits per heavy atom. The molecule has 1 atom stereocenters. The maximum Gasteiger partial charge on any atom is 0.338 e. The standard InChI is InChI=1S/C35H29F6N3O5S/c36-25-16-22(35(46)49-19-20-6-2-1-3-7-20)11-13-26(25)43(18-24-12-10-23(17-42-24)21-8-4-5-9-21)34(45)27-14-15-44(27)50(47,48)33-31(40)29(38)28(37)30(39)32(33)41/h1-3,6-7,10-13,16-17,21,27H,4-5,8-9,14-15,18-19H2/t27-/m1/s1. The summed E-state index contributed by atoms with van der Waals surface area (Å²) in [5.41, 5.74) is 1.36. The molecule has 2 fully saturated rings. The third-order valence-corrected chi connectivity index (χ3v) is 10.9. The number of pyridine rings is 1. The molecule has 0 bridgehead atoms. The van der Waals surface area contributed by atoms with E-state index in [0.717, 1.165) is 48.3 Å². The second kappa shape index (κ2) is 14.2. The highest BCUT2D eigenvalue weighted by Crippen LogP contribution is 2.36. The highest BCUT2D eigenvalue weighted by Gasteiger charge is 2.48. The third kappa shape index (κ3) is 6.71. The van der Waals surface area contributed by atoms with Crippen LogP contribution in [0.25, 0.3) is 0 Å². The summed E-state index contributed by atoms with van der Waals surface area (Å²) in [6.07, 6.45) is 5.56. The van der Waals surface area contributed by atoms with Gasteiger partial charge in [-0.25, -0.2) is 39.6 Å². The summed E-state index contributed by atoms with van der Waals surface area (Å²) in [6, 6.07) is 13.6. The maximum atomic E-state index is 15.8. The van der Waals surface area contributed by atoms with E-state index in [0.29, 0.717) is 15.8 Å². The Hall–Kier alpha value is -4.76. The highest BCUT2D eigenvalue weighted by molar-refractivity contribution is 7.89. The van der Waals surface area contributed by atoms with Gasteiger partial charge in [0.15, 0.2) is 28.2 Å². The fourth-order valence-corrected chi connectivity index (χ4v) is 7.88. The maximum absolute atomic E-state index is 15.8. The largest absolute Gasteiger partial charge is 0.457 e. The number of hydrogen-bond acceptors (Lipinski definition) is 6. The lowest BCUT2D eigenvalue weighted by molar-refractivity contribution is -0.125. The molecule has 0 unspecified atom stereocenters. The summed E-state index contributed by atoms with van der Waals surface area (Å²) in [5.74, 6) is -15.3. The van der Waals surface area contributed by atoms with Crippen molar-refractivity contribution in [3.63, 3.8) is 0 Å². The molecular weight excluding hydrogens is 688 g/mol. The van der Waals surface area contributed by atoms with Gasteiger partial charge in [0.2, 0.25) is 21.7 Å². The second-order valence-corrected chi connectivity index (χ2v) is 13.9. The second-order valence-electron chi connectivity index (χ2n) is 12.0. The van der Waals surface area contributed by atoms with Gasteiger partial charge in [0.05, 0.1) is 23.5 Å². The van der Waals surface area contributed by atoms with E-state index in [1.165, 1.54) is 6.07 Å². The number of halogens is 6. The fraction of sp³-hybridized carbons (Fsp3) is 0.286. The minimum Gasteiger partial charge on any atom is -0.457 e. The first-order valence-electron chi connectivity index (χ1n) is 15.7. The van der Waals surface area contributed by atoms with Crippen LogP contribution in [0.5, 0.6) is 0 Å². The first-order chi connectivity index (χ1) is 23.9. The Labute approximate surface area is 283 Å². The van der Waals surface area contributed by atoms with Gasteiger partial charge < -0.3 is 9.64 Å². The molecule has 8 nitrogen and oxygen atoms in total. The lowest BCUT2D eigenvalue weighted by atomic mass is 9.99. The molecule has 1 saturated heterocycles. The Balaban J connectivity index is 1.31. The molecule has 4 aromatic rings. The van der Waals surface area contributed by atoms with Gasteiger partial charge >= 0.3 is 5.97 Å². The highest BCUT2D eigenvalue weighted by atomic mass is 32.2. The molecule has 50 heavy (non-hydrogen) atoms. The number of ether oxygens (including phenoxy) is 1. The van der Waals surface area contributed by atoms with Crippen LogP contribution in [0.4, 0.5) is 32.0 Å². The van der Waals surface area contributed by atoms with E-state index < -0.39 is 86.5 Å². The van der Waals surface area contributed by atoms with Crippen LogP contribution in [-0.4, -0.2) is 42.2 Å². The van der Waals surface area contributed by atoms with E-state index in [1.807, 2.05) is 6.07 Å². The van der Waals surface area contributed by atoms with E-state index in [9.17, 15) is 40.0 Å². The van der Waals surface area contributed by atoms with Gasteiger partial charge in [-0.05, 0) is 60.6 Å².